The van der Waals surface area contributed by atoms with Gasteiger partial charge in [-0.3, -0.25) is 0 Å². The summed E-state index contributed by atoms with van der Waals surface area (Å²) in [6, 6.07) is 1.95. The van der Waals surface area contributed by atoms with E-state index in [2.05, 4.69) is 4.98 Å². The molecule has 0 saturated heterocycles. The van der Waals surface area contributed by atoms with E-state index in [1.807, 2.05) is 12.3 Å². The largest absolute Gasteiger partial charge is 0.489 e. The zero-order chi connectivity index (χ0) is 9.26. The van der Waals surface area contributed by atoms with Crippen LogP contribution < -0.4 is 10.5 Å². The van der Waals surface area contributed by atoms with Gasteiger partial charge in [0.15, 0.2) is 0 Å². The number of thioether (sulfide) groups is 1. The number of nitrogen functional groups attached to an aromatic ring is 1. The van der Waals surface area contributed by atoms with Crippen molar-refractivity contribution in [2.75, 3.05) is 12.0 Å². The van der Waals surface area contributed by atoms with Gasteiger partial charge in [-0.1, -0.05) is 0 Å². The summed E-state index contributed by atoms with van der Waals surface area (Å²) in [6.07, 6.45) is 6.42. The summed E-state index contributed by atoms with van der Waals surface area (Å²) in [4.78, 5) is 5.05. The molecule has 2 rings (SSSR count). The summed E-state index contributed by atoms with van der Waals surface area (Å²) in [7, 11) is 0. The van der Waals surface area contributed by atoms with Crippen LogP contribution in [0.5, 0.6) is 5.75 Å². The van der Waals surface area contributed by atoms with Crippen LogP contribution in [-0.4, -0.2) is 17.3 Å². The van der Waals surface area contributed by atoms with Gasteiger partial charge in [-0.2, -0.15) is 0 Å². The van der Waals surface area contributed by atoms with Crippen LogP contribution in [0.3, 0.4) is 0 Å². The third kappa shape index (κ3) is 2.06. The highest BCUT2D eigenvalue weighted by Crippen LogP contribution is 2.30. The topological polar surface area (TPSA) is 48.1 Å². The normalized spacial score (nSPS) is 15.8. The fourth-order valence-electron chi connectivity index (χ4n) is 1.04. The first-order valence-electron chi connectivity index (χ1n) is 4.26. The number of nitrogens with two attached hydrogens (primary N) is 1. The van der Waals surface area contributed by atoms with Crippen molar-refractivity contribution >= 4 is 17.6 Å². The highest BCUT2D eigenvalue weighted by molar-refractivity contribution is 7.98. The van der Waals surface area contributed by atoms with Gasteiger partial charge in [-0.15, -0.1) is 11.8 Å². The van der Waals surface area contributed by atoms with Crippen LogP contribution in [0, 0.1) is 0 Å². The Bertz CT molecular complexity index is 312. The van der Waals surface area contributed by atoms with Crippen LogP contribution in [0.2, 0.25) is 0 Å². The van der Waals surface area contributed by atoms with E-state index < -0.39 is 0 Å². The Labute approximate surface area is 81.7 Å². The van der Waals surface area contributed by atoms with Crippen molar-refractivity contribution in [1.29, 1.82) is 0 Å². The molecule has 0 amide bonds. The standard InChI is InChI=1S/C9H12N2OS/c1-13-8-4-7(5-11-9(8)10)12-6-2-3-6/h4-6H,2-3H2,1H3,(H2,10,11). The van der Waals surface area contributed by atoms with Crippen molar-refractivity contribution < 1.29 is 4.74 Å². The molecule has 0 spiro atoms. The molecule has 0 atom stereocenters. The molecule has 1 aromatic rings. The summed E-state index contributed by atoms with van der Waals surface area (Å²) < 4.78 is 5.59. The number of aromatic nitrogens is 1. The molecule has 1 heterocycles. The van der Waals surface area contributed by atoms with Crippen LogP contribution in [0.25, 0.3) is 0 Å². The van der Waals surface area contributed by atoms with Crippen molar-refractivity contribution in [3.63, 3.8) is 0 Å². The predicted molar refractivity (Wildman–Crippen MR) is 54.1 cm³/mol. The molecule has 1 aliphatic carbocycles. The van der Waals surface area contributed by atoms with Gasteiger partial charge < -0.3 is 10.5 Å². The lowest BCUT2D eigenvalue weighted by molar-refractivity contribution is 0.301. The number of pyridine rings is 1. The maximum Gasteiger partial charge on any atom is 0.139 e. The summed E-state index contributed by atoms with van der Waals surface area (Å²) >= 11 is 1.59. The molecule has 1 fully saturated rings. The molecule has 1 aromatic heterocycles. The van der Waals surface area contributed by atoms with E-state index in [1.54, 1.807) is 18.0 Å². The van der Waals surface area contributed by atoms with E-state index in [-0.39, 0.29) is 0 Å². The Balaban J connectivity index is 2.16. The van der Waals surface area contributed by atoms with Gasteiger partial charge in [-0.05, 0) is 25.2 Å². The first-order chi connectivity index (χ1) is 6.29. The Kier molecular flexibility index (Phi) is 2.31. The molecule has 0 unspecified atom stereocenters. The van der Waals surface area contributed by atoms with Crippen molar-refractivity contribution in [1.82, 2.24) is 4.98 Å². The monoisotopic (exact) mass is 196 g/mol. The molecule has 0 bridgehead atoms. The van der Waals surface area contributed by atoms with Gasteiger partial charge in [0.25, 0.3) is 0 Å². The second-order valence-electron chi connectivity index (χ2n) is 3.08. The van der Waals surface area contributed by atoms with Crippen molar-refractivity contribution in [3.05, 3.63) is 12.3 Å². The molecular formula is C9H12N2OS. The maximum atomic E-state index is 5.66. The lowest BCUT2D eigenvalue weighted by Gasteiger charge is -2.06. The van der Waals surface area contributed by atoms with Gasteiger partial charge in [0.1, 0.15) is 11.6 Å². The molecule has 4 heteroatoms. The third-order valence-corrected chi connectivity index (χ3v) is 2.67. The van der Waals surface area contributed by atoms with Crippen LogP contribution in [-0.2, 0) is 0 Å². The average molecular weight is 196 g/mol. The highest BCUT2D eigenvalue weighted by atomic mass is 32.2. The lowest BCUT2D eigenvalue weighted by Crippen LogP contribution is -1.99. The Morgan fingerprint density at radius 1 is 1.62 bits per heavy atom. The zero-order valence-electron chi connectivity index (χ0n) is 7.49. The smallest absolute Gasteiger partial charge is 0.139 e. The van der Waals surface area contributed by atoms with Crippen LogP contribution in [0.15, 0.2) is 17.2 Å². The first kappa shape index (κ1) is 8.69. The number of nitrogens with zero attached hydrogens (tertiary/aromatic N) is 1. The van der Waals surface area contributed by atoms with Crippen LogP contribution >= 0.6 is 11.8 Å². The molecule has 2 N–H and O–H groups in total. The second kappa shape index (κ2) is 3.46. The van der Waals surface area contributed by atoms with Crippen molar-refractivity contribution in [3.8, 4) is 5.75 Å². The van der Waals surface area contributed by atoms with E-state index in [4.69, 9.17) is 10.5 Å². The van der Waals surface area contributed by atoms with E-state index in [0.717, 1.165) is 10.6 Å². The molecular weight excluding hydrogens is 184 g/mol. The number of hydrogen-bond acceptors (Lipinski definition) is 4. The summed E-state index contributed by atoms with van der Waals surface area (Å²) in [5, 5.41) is 0. The molecule has 0 radical (unpaired) electrons. The van der Waals surface area contributed by atoms with E-state index >= 15 is 0 Å². The minimum Gasteiger partial charge on any atom is -0.489 e. The number of ether oxygens (including phenoxy) is 1. The van der Waals surface area contributed by atoms with Crippen LogP contribution in [0.1, 0.15) is 12.8 Å². The zero-order valence-corrected chi connectivity index (χ0v) is 8.30. The number of rotatable bonds is 3. The Morgan fingerprint density at radius 2 is 2.38 bits per heavy atom. The predicted octanol–water partition coefficient (Wildman–Crippen LogP) is 1.93. The average Bonchev–Trinajstić information content (AvgIpc) is 2.92. The second-order valence-corrected chi connectivity index (χ2v) is 3.92. The molecule has 0 aliphatic heterocycles. The molecule has 1 saturated carbocycles. The third-order valence-electron chi connectivity index (χ3n) is 1.90. The maximum absolute atomic E-state index is 5.66. The van der Waals surface area contributed by atoms with Gasteiger partial charge in [0.05, 0.1) is 17.2 Å². The SMILES string of the molecule is CSc1cc(OC2CC2)cnc1N. The van der Waals surface area contributed by atoms with Crippen LogP contribution in [0.4, 0.5) is 5.82 Å². The molecule has 1 aliphatic rings. The number of anilines is 1. The summed E-state index contributed by atoms with van der Waals surface area (Å²) in [6.45, 7) is 0. The Morgan fingerprint density at radius 3 is 3.00 bits per heavy atom. The minimum absolute atomic E-state index is 0.417. The molecule has 3 nitrogen and oxygen atoms in total. The highest BCUT2D eigenvalue weighted by Gasteiger charge is 2.23. The fourth-order valence-corrected chi connectivity index (χ4v) is 1.54. The lowest BCUT2D eigenvalue weighted by atomic mass is 10.4. The summed E-state index contributed by atoms with van der Waals surface area (Å²) in [5.41, 5.74) is 5.66. The molecule has 70 valence electrons. The minimum atomic E-state index is 0.417. The summed E-state index contributed by atoms with van der Waals surface area (Å²) in [5.74, 6) is 1.41. The molecule has 0 aromatic carbocycles. The van der Waals surface area contributed by atoms with E-state index in [1.165, 1.54) is 12.8 Å². The Hall–Kier alpha value is -0.900. The quantitative estimate of drug-likeness (QED) is 0.750. The van der Waals surface area contributed by atoms with Crippen molar-refractivity contribution in [2.45, 2.75) is 23.8 Å². The van der Waals surface area contributed by atoms with E-state index in [0.29, 0.717) is 11.9 Å². The van der Waals surface area contributed by atoms with Gasteiger partial charge in [0, 0.05) is 0 Å². The molecule has 13 heavy (non-hydrogen) atoms. The first-order valence-corrected chi connectivity index (χ1v) is 5.48. The van der Waals surface area contributed by atoms with Gasteiger partial charge >= 0.3 is 0 Å². The van der Waals surface area contributed by atoms with Gasteiger partial charge in [-0.25, -0.2) is 4.98 Å². The number of hydrogen-bond donors (Lipinski definition) is 1. The van der Waals surface area contributed by atoms with Crippen molar-refractivity contribution in [2.24, 2.45) is 0 Å². The fraction of sp³-hybridized carbons (Fsp3) is 0.444. The van der Waals surface area contributed by atoms with E-state index in [9.17, 15) is 0 Å². The van der Waals surface area contributed by atoms with Gasteiger partial charge in [0.2, 0.25) is 0 Å².